The molecule has 0 fully saturated rings. The summed E-state index contributed by atoms with van der Waals surface area (Å²) in [6.07, 6.45) is 1.71. The standard InChI is InChI=1S/C10H11N3O3/c1-15-6-7-5-13-9(11-7)4-3-8(12-13)10(14)16-2/h3-5H,6H2,1-2H3. The molecule has 0 N–H and O–H groups in total. The van der Waals surface area contributed by atoms with Gasteiger partial charge in [0.2, 0.25) is 0 Å². The number of carbonyl (C=O) groups is 1. The Balaban J connectivity index is 2.41. The van der Waals surface area contributed by atoms with E-state index in [0.717, 1.165) is 5.69 Å². The average molecular weight is 221 g/mol. The Morgan fingerprint density at radius 1 is 1.44 bits per heavy atom. The van der Waals surface area contributed by atoms with Crippen LogP contribution in [0.25, 0.3) is 5.65 Å². The molecular formula is C10H11N3O3. The Bertz CT molecular complexity index is 521. The number of aromatic nitrogens is 3. The zero-order valence-electron chi connectivity index (χ0n) is 9.01. The van der Waals surface area contributed by atoms with Gasteiger partial charge in [-0.15, -0.1) is 0 Å². The highest BCUT2D eigenvalue weighted by Crippen LogP contribution is 2.06. The van der Waals surface area contributed by atoms with Crippen LogP contribution in [0.3, 0.4) is 0 Å². The molecule has 84 valence electrons. The van der Waals surface area contributed by atoms with Crippen LogP contribution in [0, 0.1) is 0 Å². The summed E-state index contributed by atoms with van der Waals surface area (Å²) < 4.78 is 11.1. The molecule has 0 bridgehead atoms. The molecule has 0 aliphatic carbocycles. The Labute approximate surface area is 91.8 Å². The number of rotatable bonds is 3. The maximum absolute atomic E-state index is 11.2. The van der Waals surface area contributed by atoms with Gasteiger partial charge in [-0.05, 0) is 12.1 Å². The molecule has 0 aromatic carbocycles. The fraction of sp³-hybridized carbons (Fsp3) is 0.300. The van der Waals surface area contributed by atoms with E-state index in [4.69, 9.17) is 4.74 Å². The minimum absolute atomic E-state index is 0.247. The first-order chi connectivity index (χ1) is 7.74. The zero-order valence-corrected chi connectivity index (χ0v) is 9.01. The van der Waals surface area contributed by atoms with Crippen molar-refractivity contribution < 1.29 is 14.3 Å². The van der Waals surface area contributed by atoms with Crippen LogP contribution in [0.5, 0.6) is 0 Å². The second kappa shape index (κ2) is 4.28. The molecule has 0 atom stereocenters. The van der Waals surface area contributed by atoms with E-state index < -0.39 is 5.97 Å². The van der Waals surface area contributed by atoms with Gasteiger partial charge in [-0.25, -0.2) is 14.3 Å². The van der Waals surface area contributed by atoms with Gasteiger partial charge in [0.05, 0.1) is 25.6 Å². The number of imidazole rings is 1. The van der Waals surface area contributed by atoms with Crippen molar-refractivity contribution >= 4 is 11.6 Å². The molecule has 0 spiro atoms. The predicted molar refractivity (Wildman–Crippen MR) is 55.0 cm³/mol. The molecule has 0 aliphatic heterocycles. The molecule has 0 amide bonds. The molecule has 0 unspecified atom stereocenters. The number of methoxy groups -OCH3 is 2. The van der Waals surface area contributed by atoms with E-state index in [1.165, 1.54) is 11.6 Å². The smallest absolute Gasteiger partial charge is 0.358 e. The van der Waals surface area contributed by atoms with Crippen LogP contribution in [0.4, 0.5) is 0 Å². The molecule has 2 rings (SSSR count). The third kappa shape index (κ3) is 1.87. The van der Waals surface area contributed by atoms with Gasteiger partial charge in [0.25, 0.3) is 0 Å². The van der Waals surface area contributed by atoms with Crippen LogP contribution in [-0.4, -0.2) is 34.8 Å². The third-order valence-corrected chi connectivity index (χ3v) is 2.06. The van der Waals surface area contributed by atoms with Gasteiger partial charge >= 0.3 is 5.97 Å². The molecule has 2 aromatic rings. The maximum atomic E-state index is 11.2. The van der Waals surface area contributed by atoms with E-state index in [1.807, 2.05) is 0 Å². The van der Waals surface area contributed by atoms with Crippen molar-refractivity contribution in [2.24, 2.45) is 0 Å². The maximum Gasteiger partial charge on any atom is 0.358 e. The van der Waals surface area contributed by atoms with Crippen molar-refractivity contribution in [2.75, 3.05) is 14.2 Å². The number of ether oxygens (including phenoxy) is 2. The largest absolute Gasteiger partial charge is 0.464 e. The average Bonchev–Trinajstić information content (AvgIpc) is 2.69. The first kappa shape index (κ1) is 10.6. The lowest BCUT2D eigenvalue weighted by Gasteiger charge is -1.97. The van der Waals surface area contributed by atoms with Gasteiger partial charge in [0.1, 0.15) is 0 Å². The molecule has 16 heavy (non-hydrogen) atoms. The Morgan fingerprint density at radius 2 is 2.25 bits per heavy atom. The molecule has 0 saturated heterocycles. The molecule has 0 aliphatic rings. The fourth-order valence-electron chi connectivity index (χ4n) is 1.36. The number of hydrogen-bond acceptors (Lipinski definition) is 5. The van der Waals surface area contributed by atoms with Crippen LogP contribution < -0.4 is 0 Å². The monoisotopic (exact) mass is 221 g/mol. The highest BCUT2D eigenvalue weighted by Gasteiger charge is 2.09. The normalized spacial score (nSPS) is 10.6. The molecule has 6 nitrogen and oxygen atoms in total. The molecule has 6 heteroatoms. The van der Waals surface area contributed by atoms with Gasteiger partial charge in [0.15, 0.2) is 11.3 Å². The highest BCUT2D eigenvalue weighted by molar-refractivity contribution is 5.87. The van der Waals surface area contributed by atoms with E-state index >= 15 is 0 Å². The van der Waals surface area contributed by atoms with Crippen molar-refractivity contribution in [3.05, 3.63) is 29.7 Å². The van der Waals surface area contributed by atoms with Crippen molar-refractivity contribution in [3.8, 4) is 0 Å². The van der Waals surface area contributed by atoms with Gasteiger partial charge in [-0.1, -0.05) is 0 Å². The summed E-state index contributed by atoms with van der Waals surface area (Å²) in [7, 11) is 2.91. The SMILES string of the molecule is COCc1cn2nc(C(=O)OC)ccc2n1. The van der Waals surface area contributed by atoms with Crippen LogP contribution in [0.15, 0.2) is 18.3 Å². The van der Waals surface area contributed by atoms with Gasteiger partial charge in [0, 0.05) is 7.11 Å². The van der Waals surface area contributed by atoms with Crippen molar-refractivity contribution in [1.29, 1.82) is 0 Å². The Hall–Kier alpha value is -1.95. The third-order valence-electron chi connectivity index (χ3n) is 2.06. The minimum atomic E-state index is -0.469. The van der Waals surface area contributed by atoms with Crippen LogP contribution in [-0.2, 0) is 16.1 Å². The number of carbonyl (C=O) groups excluding carboxylic acids is 1. The lowest BCUT2D eigenvalue weighted by atomic mass is 10.4. The Kier molecular flexibility index (Phi) is 2.82. The molecule has 2 heterocycles. The van der Waals surface area contributed by atoms with Gasteiger partial charge in [-0.2, -0.15) is 5.10 Å². The van der Waals surface area contributed by atoms with Gasteiger partial charge < -0.3 is 9.47 Å². The van der Waals surface area contributed by atoms with Crippen LogP contribution >= 0.6 is 0 Å². The van der Waals surface area contributed by atoms with Crippen molar-refractivity contribution in [3.63, 3.8) is 0 Å². The topological polar surface area (TPSA) is 65.7 Å². The van der Waals surface area contributed by atoms with E-state index in [-0.39, 0.29) is 5.69 Å². The van der Waals surface area contributed by atoms with Crippen molar-refractivity contribution in [2.45, 2.75) is 6.61 Å². The fourth-order valence-corrected chi connectivity index (χ4v) is 1.36. The summed E-state index contributed by atoms with van der Waals surface area (Å²) in [5.74, 6) is -0.469. The second-order valence-corrected chi connectivity index (χ2v) is 3.18. The molecule has 0 saturated carbocycles. The van der Waals surface area contributed by atoms with Gasteiger partial charge in [-0.3, -0.25) is 0 Å². The highest BCUT2D eigenvalue weighted by atomic mass is 16.5. The summed E-state index contributed by atoms with van der Waals surface area (Å²) in [5.41, 5.74) is 1.67. The molecule has 2 aromatic heterocycles. The van der Waals surface area contributed by atoms with Crippen LogP contribution in [0.1, 0.15) is 16.2 Å². The lowest BCUT2D eigenvalue weighted by molar-refractivity contribution is 0.0592. The number of fused-ring (bicyclic) bond motifs is 1. The van der Waals surface area contributed by atoms with Crippen molar-refractivity contribution in [1.82, 2.24) is 14.6 Å². The van der Waals surface area contributed by atoms with E-state index in [0.29, 0.717) is 12.3 Å². The first-order valence-electron chi connectivity index (χ1n) is 4.67. The minimum Gasteiger partial charge on any atom is -0.464 e. The Morgan fingerprint density at radius 3 is 2.94 bits per heavy atom. The van der Waals surface area contributed by atoms with Crippen LogP contribution in [0.2, 0.25) is 0 Å². The zero-order chi connectivity index (χ0) is 11.5. The second-order valence-electron chi connectivity index (χ2n) is 3.18. The quantitative estimate of drug-likeness (QED) is 0.712. The summed E-state index contributed by atoms with van der Waals surface area (Å²) in [4.78, 5) is 15.5. The summed E-state index contributed by atoms with van der Waals surface area (Å²) in [6.45, 7) is 0.414. The lowest BCUT2D eigenvalue weighted by Crippen LogP contribution is -2.06. The molecule has 0 radical (unpaired) electrons. The van der Waals surface area contributed by atoms with E-state index in [9.17, 15) is 4.79 Å². The predicted octanol–water partition coefficient (Wildman–Crippen LogP) is 0.662. The molecular weight excluding hydrogens is 210 g/mol. The summed E-state index contributed by atoms with van der Waals surface area (Å²) in [6, 6.07) is 3.28. The number of hydrogen-bond donors (Lipinski definition) is 0. The van der Waals surface area contributed by atoms with E-state index in [1.54, 1.807) is 25.4 Å². The number of nitrogens with zero attached hydrogens (tertiary/aromatic N) is 3. The first-order valence-corrected chi connectivity index (χ1v) is 4.67. The number of esters is 1. The summed E-state index contributed by atoms with van der Waals surface area (Å²) >= 11 is 0. The van der Waals surface area contributed by atoms with E-state index in [2.05, 4.69) is 14.8 Å². The summed E-state index contributed by atoms with van der Waals surface area (Å²) in [5, 5.41) is 4.07.